The van der Waals surface area contributed by atoms with Crippen molar-refractivity contribution in [3.05, 3.63) is 71.8 Å². The van der Waals surface area contributed by atoms with Crippen LogP contribution in [-0.4, -0.2) is 60.2 Å². The molecule has 0 spiro atoms. The van der Waals surface area contributed by atoms with Gasteiger partial charge < -0.3 is 14.5 Å². The van der Waals surface area contributed by atoms with Gasteiger partial charge in [0.25, 0.3) is 5.91 Å². The van der Waals surface area contributed by atoms with Crippen LogP contribution in [0, 0.1) is 0 Å². The van der Waals surface area contributed by atoms with Crippen LogP contribution in [0.2, 0.25) is 0 Å². The molecule has 1 N–H and O–H groups in total. The lowest BCUT2D eigenvalue weighted by molar-refractivity contribution is -0.916. The molecule has 1 heterocycles. The molecule has 2 aromatic carbocycles. The second-order valence-electron chi connectivity index (χ2n) is 7.74. The van der Waals surface area contributed by atoms with Crippen molar-refractivity contribution in [2.24, 2.45) is 0 Å². The minimum absolute atomic E-state index is 0.204. The molecular formula is C24H30N3O4+. The van der Waals surface area contributed by atoms with Crippen LogP contribution < -0.4 is 5.32 Å². The Hall–Kier alpha value is -3.19. The fourth-order valence-electron chi connectivity index (χ4n) is 4.09. The second kappa shape index (κ2) is 9.31. The average Bonchev–Trinajstić information content (AvgIpc) is 3.07. The lowest BCUT2D eigenvalue weighted by Gasteiger charge is -2.34. The quantitative estimate of drug-likeness (QED) is 0.382. The van der Waals surface area contributed by atoms with E-state index in [0.29, 0.717) is 15.6 Å². The van der Waals surface area contributed by atoms with Gasteiger partial charge in [-0.15, -0.1) is 0 Å². The van der Waals surface area contributed by atoms with Crippen LogP contribution in [0.25, 0.3) is 0 Å². The highest BCUT2D eigenvalue weighted by Gasteiger charge is 2.54. The van der Waals surface area contributed by atoms with E-state index in [0.717, 1.165) is 24.5 Å². The summed E-state index contributed by atoms with van der Waals surface area (Å²) < 4.78 is 5.98. The zero-order valence-electron chi connectivity index (χ0n) is 18.3. The number of carbonyl (C=O) groups excluding carboxylic acids is 3. The molecule has 3 amide bonds. The van der Waals surface area contributed by atoms with Gasteiger partial charge in [-0.25, -0.2) is 14.5 Å². The maximum absolute atomic E-state index is 13.6. The van der Waals surface area contributed by atoms with Crippen LogP contribution >= 0.6 is 0 Å². The van der Waals surface area contributed by atoms with E-state index in [-0.39, 0.29) is 6.54 Å². The van der Waals surface area contributed by atoms with Gasteiger partial charge in [-0.2, -0.15) is 0 Å². The third-order valence-corrected chi connectivity index (χ3v) is 6.35. The fourth-order valence-corrected chi connectivity index (χ4v) is 4.09. The number of amides is 3. The molecule has 0 saturated carbocycles. The number of esters is 1. The molecule has 3 rings (SSSR count). The number of carbonyl (C=O) groups is 3. The van der Waals surface area contributed by atoms with Gasteiger partial charge in [-0.1, -0.05) is 60.7 Å². The van der Waals surface area contributed by atoms with Gasteiger partial charge >= 0.3 is 12.0 Å². The first kappa shape index (κ1) is 22.5. The minimum atomic E-state index is -1.36. The van der Waals surface area contributed by atoms with Gasteiger partial charge in [0, 0.05) is 0 Å². The first-order valence-electron chi connectivity index (χ1n) is 10.7. The van der Waals surface area contributed by atoms with Crippen molar-refractivity contribution in [2.75, 3.05) is 32.9 Å². The predicted molar refractivity (Wildman–Crippen MR) is 117 cm³/mol. The molecule has 7 nitrogen and oxygen atoms in total. The number of ether oxygens (including phenoxy) is 1. The summed E-state index contributed by atoms with van der Waals surface area (Å²) in [6, 6.07) is 17.6. The normalized spacial score (nSPS) is 15.6. The van der Waals surface area contributed by atoms with Gasteiger partial charge in [-0.05, 0) is 31.9 Å². The Bertz CT molecular complexity index is 879. The van der Waals surface area contributed by atoms with E-state index >= 15 is 0 Å². The van der Waals surface area contributed by atoms with Crippen LogP contribution in [0.4, 0.5) is 4.79 Å². The first-order valence-corrected chi connectivity index (χ1v) is 10.7. The molecule has 0 aromatic heterocycles. The third kappa shape index (κ3) is 4.18. The van der Waals surface area contributed by atoms with Crippen molar-refractivity contribution < 1.29 is 23.6 Å². The Balaban J connectivity index is 1.84. The van der Waals surface area contributed by atoms with E-state index in [1.165, 1.54) is 0 Å². The number of imide groups is 1. The highest BCUT2D eigenvalue weighted by molar-refractivity contribution is 6.09. The number of quaternary nitrogens is 1. The van der Waals surface area contributed by atoms with E-state index in [9.17, 15) is 14.4 Å². The molecule has 2 aromatic rings. The molecule has 0 aliphatic carbocycles. The Morgan fingerprint density at radius 2 is 1.39 bits per heavy atom. The van der Waals surface area contributed by atoms with Crippen LogP contribution in [0.3, 0.4) is 0 Å². The molecule has 1 saturated heterocycles. The lowest BCUT2D eigenvalue weighted by atomic mass is 9.83. The third-order valence-electron chi connectivity index (χ3n) is 6.35. The van der Waals surface area contributed by atoms with E-state index < -0.39 is 30.2 Å². The summed E-state index contributed by atoms with van der Waals surface area (Å²) >= 11 is 0. The molecule has 0 atom stereocenters. The average molecular weight is 425 g/mol. The van der Waals surface area contributed by atoms with E-state index in [1.54, 1.807) is 24.3 Å². The number of nitrogens with one attached hydrogen (secondary N) is 1. The molecule has 1 aliphatic heterocycles. The van der Waals surface area contributed by atoms with E-state index in [2.05, 4.69) is 5.32 Å². The maximum atomic E-state index is 13.6. The number of rotatable bonds is 9. The van der Waals surface area contributed by atoms with Crippen molar-refractivity contribution in [1.29, 1.82) is 0 Å². The van der Waals surface area contributed by atoms with Gasteiger partial charge in [0.1, 0.15) is 0 Å². The van der Waals surface area contributed by atoms with Gasteiger partial charge in [0.2, 0.25) is 0 Å². The number of hydrogen-bond donors (Lipinski definition) is 1. The number of nitrogens with zero attached hydrogens (tertiary/aromatic N) is 2. The SMILES string of the molecule is CC[N+](CC)(CC)CC(=O)OCN1C(=O)NC(c2ccccc2)(c2ccccc2)C1=O. The van der Waals surface area contributed by atoms with Gasteiger partial charge in [0.15, 0.2) is 18.8 Å². The maximum Gasteiger partial charge on any atom is 0.363 e. The highest BCUT2D eigenvalue weighted by atomic mass is 16.5. The minimum Gasteiger partial charge on any atom is -0.439 e. The van der Waals surface area contributed by atoms with Gasteiger partial charge in [0.05, 0.1) is 19.6 Å². The smallest absolute Gasteiger partial charge is 0.363 e. The van der Waals surface area contributed by atoms with Crippen LogP contribution in [0.5, 0.6) is 0 Å². The zero-order valence-corrected chi connectivity index (χ0v) is 18.3. The predicted octanol–water partition coefficient (Wildman–Crippen LogP) is 2.86. The van der Waals surface area contributed by atoms with Crippen molar-refractivity contribution in [2.45, 2.75) is 26.3 Å². The standard InChI is InChI=1S/C24H29N3O4/c1-4-27(5-2,6-3)17-21(28)31-18-26-22(29)24(25-23(26)30,19-13-9-7-10-14-19)20-15-11-8-12-16-20/h7-16H,4-6,17-18H2,1-3H3/p+1. The summed E-state index contributed by atoms with van der Waals surface area (Å²) in [5.74, 6) is -0.895. The summed E-state index contributed by atoms with van der Waals surface area (Å²) in [7, 11) is 0. The Morgan fingerprint density at radius 1 is 0.903 bits per heavy atom. The summed E-state index contributed by atoms with van der Waals surface area (Å²) in [5, 5.41) is 2.85. The van der Waals surface area contributed by atoms with E-state index in [1.807, 2.05) is 57.2 Å². The number of benzene rings is 2. The Morgan fingerprint density at radius 3 is 1.84 bits per heavy atom. The second-order valence-corrected chi connectivity index (χ2v) is 7.74. The molecule has 31 heavy (non-hydrogen) atoms. The molecule has 0 unspecified atom stereocenters. The van der Waals surface area contributed by atoms with Crippen molar-refractivity contribution >= 4 is 17.9 Å². The summed E-state index contributed by atoms with van der Waals surface area (Å²) in [6.45, 7) is 8.30. The highest BCUT2D eigenvalue weighted by Crippen LogP contribution is 2.35. The van der Waals surface area contributed by atoms with E-state index in [4.69, 9.17) is 4.74 Å². The fraction of sp³-hybridized carbons (Fsp3) is 0.375. The van der Waals surface area contributed by atoms with Crippen molar-refractivity contribution in [1.82, 2.24) is 10.2 Å². The van der Waals surface area contributed by atoms with Crippen molar-refractivity contribution in [3.63, 3.8) is 0 Å². The molecule has 164 valence electrons. The number of urea groups is 1. The van der Waals surface area contributed by atoms with Crippen LogP contribution in [0.15, 0.2) is 60.7 Å². The number of hydrogen-bond acceptors (Lipinski definition) is 4. The zero-order chi connectivity index (χ0) is 22.5. The largest absolute Gasteiger partial charge is 0.439 e. The first-order chi connectivity index (χ1) is 14.9. The molecule has 0 radical (unpaired) electrons. The topological polar surface area (TPSA) is 75.7 Å². The molecule has 1 fully saturated rings. The summed E-state index contributed by atoms with van der Waals surface area (Å²) in [4.78, 5) is 39.8. The molecule has 1 aliphatic rings. The van der Waals surface area contributed by atoms with Crippen LogP contribution in [-0.2, 0) is 19.9 Å². The molecular weight excluding hydrogens is 394 g/mol. The van der Waals surface area contributed by atoms with Crippen molar-refractivity contribution in [3.8, 4) is 0 Å². The molecule has 7 heteroatoms. The number of likely N-dealkylation sites (N-methyl/N-ethyl adjacent to an activating group) is 1. The summed E-state index contributed by atoms with van der Waals surface area (Å²) in [5.41, 5.74) is -0.0683. The monoisotopic (exact) mass is 424 g/mol. The van der Waals surface area contributed by atoms with Gasteiger partial charge in [-0.3, -0.25) is 4.79 Å². The summed E-state index contributed by atoms with van der Waals surface area (Å²) in [6.07, 6.45) is 0. The Kier molecular flexibility index (Phi) is 6.75. The molecule has 0 bridgehead atoms. The lowest BCUT2D eigenvalue weighted by Crippen LogP contribution is -2.51. The van der Waals surface area contributed by atoms with Crippen LogP contribution in [0.1, 0.15) is 31.9 Å². The Labute approximate surface area is 183 Å².